The Hall–Kier alpha value is -2.54. The van der Waals surface area contributed by atoms with Gasteiger partial charge in [0.2, 0.25) is 0 Å². The molecular weight excluding hydrogens is 398 g/mol. The number of nitrogens with zero attached hydrogens (tertiary/aromatic N) is 3. The van der Waals surface area contributed by atoms with Crippen molar-refractivity contribution in [1.29, 1.82) is 0 Å². The van der Waals surface area contributed by atoms with Crippen molar-refractivity contribution in [2.24, 2.45) is 0 Å². The number of para-hydroxylation sites is 1. The van der Waals surface area contributed by atoms with E-state index >= 15 is 0 Å². The molecule has 5 rings (SSSR count). The first-order valence-corrected chi connectivity index (χ1v) is 10.3. The summed E-state index contributed by atoms with van der Waals surface area (Å²) in [5.74, 6) is 0. The predicted molar refractivity (Wildman–Crippen MR) is 113 cm³/mol. The maximum atomic E-state index is 13.2. The first-order valence-electron chi connectivity index (χ1n) is 8.26. The van der Waals surface area contributed by atoms with Gasteiger partial charge in [-0.05, 0) is 29.8 Å². The lowest BCUT2D eigenvalue weighted by Gasteiger charge is -2.04. The van der Waals surface area contributed by atoms with E-state index in [0.29, 0.717) is 17.0 Å². The van der Waals surface area contributed by atoms with Crippen LogP contribution in [0.15, 0.2) is 65.0 Å². The molecule has 5 aromatic rings. The molecule has 132 valence electrons. The second kappa shape index (κ2) is 6.56. The summed E-state index contributed by atoms with van der Waals surface area (Å²) >= 11 is 9.07. The van der Waals surface area contributed by atoms with E-state index in [4.69, 9.17) is 11.6 Å². The maximum absolute atomic E-state index is 13.2. The Balaban J connectivity index is 1.61. The fraction of sp³-hybridized carbons (Fsp3) is 0.0500. The normalized spacial score (nSPS) is 11.4. The summed E-state index contributed by atoms with van der Waals surface area (Å²) in [6.07, 6.45) is 1.61. The molecule has 3 aromatic heterocycles. The van der Waals surface area contributed by atoms with Crippen LogP contribution in [0, 0.1) is 0 Å². The topological polar surface area (TPSA) is 47.8 Å². The van der Waals surface area contributed by atoms with Crippen LogP contribution in [0.2, 0.25) is 5.02 Å². The Kier molecular flexibility index (Phi) is 4.04. The molecule has 7 heteroatoms. The van der Waals surface area contributed by atoms with E-state index in [1.165, 1.54) is 11.3 Å². The number of hydrogen-bond donors (Lipinski definition) is 0. The third-order valence-corrected chi connectivity index (χ3v) is 6.52. The Morgan fingerprint density at radius 2 is 1.89 bits per heavy atom. The zero-order valence-electron chi connectivity index (χ0n) is 13.9. The minimum atomic E-state index is -0.0505. The molecule has 3 heterocycles. The predicted octanol–water partition coefficient (Wildman–Crippen LogP) is 5.44. The number of aromatic nitrogens is 3. The smallest absolute Gasteiger partial charge is 0.263 e. The van der Waals surface area contributed by atoms with Gasteiger partial charge in [-0.25, -0.2) is 9.97 Å². The number of hydrogen-bond acceptors (Lipinski definition) is 5. The highest BCUT2D eigenvalue weighted by Gasteiger charge is 2.14. The first-order chi connectivity index (χ1) is 13.2. The van der Waals surface area contributed by atoms with Gasteiger partial charge in [-0.3, -0.25) is 9.36 Å². The summed E-state index contributed by atoms with van der Waals surface area (Å²) < 4.78 is 2.75. The van der Waals surface area contributed by atoms with Crippen LogP contribution in [0.1, 0.15) is 5.01 Å². The van der Waals surface area contributed by atoms with E-state index in [1.54, 1.807) is 22.2 Å². The second-order valence-corrected chi connectivity index (χ2v) is 8.50. The second-order valence-electron chi connectivity index (χ2n) is 6.09. The van der Waals surface area contributed by atoms with E-state index in [2.05, 4.69) is 9.97 Å². The van der Waals surface area contributed by atoms with Gasteiger partial charge in [0.05, 0.1) is 28.5 Å². The summed E-state index contributed by atoms with van der Waals surface area (Å²) in [6, 6.07) is 15.5. The van der Waals surface area contributed by atoms with Crippen molar-refractivity contribution in [2.75, 3.05) is 0 Å². The van der Waals surface area contributed by atoms with Crippen molar-refractivity contribution in [2.45, 2.75) is 6.54 Å². The standard InChI is InChI=1S/C20H12ClN3OS2/c21-13-7-5-12(6-8-13)14-10-26-19-18(14)20(25)24(11-22-19)9-17-23-15-3-1-2-4-16(15)27-17/h1-8,10-11H,9H2. The highest BCUT2D eigenvalue weighted by Crippen LogP contribution is 2.31. The van der Waals surface area contributed by atoms with E-state index in [0.717, 1.165) is 31.2 Å². The molecule has 0 atom stereocenters. The summed E-state index contributed by atoms with van der Waals surface area (Å²) in [6.45, 7) is 0.414. The van der Waals surface area contributed by atoms with Crippen molar-refractivity contribution in [1.82, 2.24) is 14.5 Å². The molecule has 2 aromatic carbocycles. The average molecular weight is 410 g/mol. The number of thiazole rings is 1. The lowest BCUT2D eigenvalue weighted by atomic mass is 10.1. The van der Waals surface area contributed by atoms with Gasteiger partial charge in [0.15, 0.2) is 0 Å². The highest BCUT2D eigenvalue weighted by molar-refractivity contribution is 7.18. The molecule has 0 radical (unpaired) electrons. The molecule has 0 fully saturated rings. The largest absolute Gasteiger partial charge is 0.292 e. The molecule has 0 unspecified atom stereocenters. The summed E-state index contributed by atoms with van der Waals surface area (Å²) in [5, 5.41) is 4.18. The van der Waals surface area contributed by atoms with Crippen LogP contribution in [0.5, 0.6) is 0 Å². The third-order valence-electron chi connectivity index (χ3n) is 4.36. The van der Waals surface area contributed by atoms with Crippen molar-refractivity contribution >= 4 is 54.7 Å². The molecule has 0 spiro atoms. The number of benzene rings is 2. The Morgan fingerprint density at radius 1 is 1.07 bits per heavy atom. The van der Waals surface area contributed by atoms with Crippen molar-refractivity contribution in [3.05, 3.63) is 80.6 Å². The van der Waals surface area contributed by atoms with Gasteiger partial charge < -0.3 is 0 Å². The van der Waals surface area contributed by atoms with Crippen LogP contribution in [-0.4, -0.2) is 14.5 Å². The Bertz CT molecular complexity index is 1300. The van der Waals surface area contributed by atoms with E-state index in [1.807, 2.05) is 53.9 Å². The van der Waals surface area contributed by atoms with Crippen molar-refractivity contribution < 1.29 is 0 Å². The van der Waals surface area contributed by atoms with Gasteiger partial charge in [0.25, 0.3) is 5.56 Å². The Morgan fingerprint density at radius 3 is 2.70 bits per heavy atom. The van der Waals surface area contributed by atoms with Gasteiger partial charge in [-0.2, -0.15) is 0 Å². The van der Waals surface area contributed by atoms with E-state index < -0.39 is 0 Å². The van der Waals surface area contributed by atoms with Crippen LogP contribution in [0.25, 0.3) is 31.6 Å². The molecule has 0 amide bonds. The third kappa shape index (κ3) is 2.96. The summed E-state index contributed by atoms with van der Waals surface area (Å²) in [5.41, 5.74) is 2.76. The number of halogens is 1. The van der Waals surface area contributed by atoms with Crippen molar-refractivity contribution in [3.8, 4) is 11.1 Å². The number of fused-ring (bicyclic) bond motifs is 2. The maximum Gasteiger partial charge on any atom is 0.263 e. The van der Waals surface area contributed by atoms with Gasteiger partial charge in [-0.1, -0.05) is 35.9 Å². The van der Waals surface area contributed by atoms with Crippen LogP contribution >= 0.6 is 34.3 Å². The highest BCUT2D eigenvalue weighted by atomic mass is 35.5. The summed E-state index contributed by atoms with van der Waals surface area (Å²) in [7, 11) is 0. The SMILES string of the molecule is O=c1c2c(-c3ccc(Cl)cc3)csc2ncn1Cc1nc2ccccc2s1. The zero-order chi connectivity index (χ0) is 18.4. The molecule has 4 nitrogen and oxygen atoms in total. The lowest BCUT2D eigenvalue weighted by Crippen LogP contribution is -2.20. The van der Waals surface area contributed by atoms with Gasteiger partial charge in [0, 0.05) is 16.0 Å². The van der Waals surface area contributed by atoms with Gasteiger partial charge in [-0.15, -0.1) is 22.7 Å². The molecule has 0 N–H and O–H groups in total. The molecular formula is C20H12ClN3OS2. The molecule has 27 heavy (non-hydrogen) atoms. The molecule has 0 saturated carbocycles. The van der Waals surface area contributed by atoms with Crippen LogP contribution in [0.4, 0.5) is 0 Å². The van der Waals surface area contributed by atoms with Crippen LogP contribution in [0.3, 0.4) is 0 Å². The van der Waals surface area contributed by atoms with Crippen LogP contribution < -0.4 is 5.56 Å². The van der Waals surface area contributed by atoms with Gasteiger partial charge in [0.1, 0.15) is 9.84 Å². The lowest BCUT2D eigenvalue weighted by molar-refractivity contribution is 0.746. The van der Waals surface area contributed by atoms with Crippen molar-refractivity contribution in [3.63, 3.8) is 0 Å². The first kappa shape index (κ1) is 16.6. The Labute approximate surface area is 167 Å². The number of rotatable bonds is 3. The number of thiophene rings is 1. The average Bonchev–Trinajstić information content (AvgIpc) is 3.28. The molecule has 0 aliphatic heterocycles. The summed E-state index contributed by atoms with van der Waals surface area (Å²) in [4.78, 5) is 23.0. The fourth-order valence-corrected chi connectivity index (χ4v) is 5.05. The minimum Gasteiger partial charge on any atom is -0.292 e. The van der Waals surface area contributed by atoms with Crippen LogP contribution in [-0.2, 0) is 6.54 Å². The minimum absolute atomic E-state index is 0.0505. The fourth-order valence-electron chi connectivity index (χ4n) is 3.06. The van der Waals surface area contributed by atoms with E-state index in [9.17, 15) is 4.79 Å². The monoisotopic (exact) mass is 409 g/mol. The van der Waals surface area contributed by atoms with Gasteiger partial charge >= 0.3 is 0 Å². The molecule has 0 aliphatic carbocycles. The van der Waals surface area contributed by atoms with E-state index in [-0.39, 0.29) is 5.56 Å². The molecule has 0 bridgehead atoms. The molecule has 0 aliphatic rings. The molecule has 0 saturated heterocycles. The zero-order valence-corrected chi connectivity index (χ0v) is 16.3. The quantitative estimate of drug-likeness (QED) is 0.399.